The fourth-order valence-electron chi connectivity index (χ4n) is 3.58. The van der Waals surface area contributed by atoms with Crippen molar-refractivity contribution in [2.75, 3.05) is 0 Å². The van der Waals surface area contributed by atoms with E-state index < -0.39 is 0 Å². The van der Waals surface area contributed by atoms with Crippen molar-refractivity contribution in [2.24, 2.45) is 0 Å². The smallest absolute Gasteiger partial charge is 0.169 e. The molecule has 0 unspecified atom stereocenters. The highest BCUT2D eigenvalue weighted by Gasteiger charge is 2.25. The van der Waals surface area contributed by atoms with Crippen LogP contribution in [-0.4, -0.2) is 15.3 Å². The van der Waals surface area contributed by atoms with Crippen LogP contribution in [0.15, 0.2) is 66.9 Å². The molecule has 0 fully saturated rings. The van der Waals surface area contributed by atoms with Crippen LogP contribution in [0.4, 0.5) is 0 Å². The Morgan fingerprint density at radius 1 is 1.04 bits per heavy atom. The second kappa shape index (κ2) is 5.78. The van der Waals surface area contributed by atoms with Crippen LogP contribution in [0.2, 0.25) is 0 Å². The lowest BCUT2D eigenvalue weighted by atomic mass is 10.0. The summed E-state index contributed by atoms with van der Waals surface area (Å²) in [5.41, 5.74) is 5.76. The summed E-state index contributed by atoms with van der Waals surface area (Å²) < 4.78 is 2.26. The van der Waals surface area contributed by atoms with Crippen molar-refractivity contribution in [3.05, 3.63) is 77.3 Å². The molecule has 0 aliphatic carbocycles. The maximum absolute atomic E-state index is 12.0. The van der Waals surface area contributed by atoms with Gasteiger partial charge < -0.3 is 4.57 Å². The second-order valence-corrected chi connectivity index (χ2v) is 7.54. The third-order valence-electron chi connectivity index (χ3n) is 4.84. The lowest BCUT2D eigenvalue weighted by Crippen LogP contribution is -2.03. The van der Waals surface area contributed by atoms with E-state index in [2.05, 4.69) is 41.0 Å². The van der Waals surface area contributed by atoms with Gasteiger partial charge in [-0.3, -0.25) is 4.79 Å². The van der Waals surface area contributed by atoms with Gasteiger partial charge in [0.25, 0.3) is 0 Å². The number of aromatic nitrogens is 2. The molecule has 0 atom stereocenters. The van der Waals surface area contributed by atoms with E-state index in [4.69, 9.17) is 4.98 Å². The van der Waals surface area contributed by atoms with Crippen LogP contribution in [0.5, 0.6) is 0 Å². The van der Waals surface area contributed by atoms with Crippen LogP contribution >= 0.6 is 11.3 Å². The number of ketones is 1. The molecule has 3 heterocycles. The molecule has 0 spiro atoms. The van der Waals surface area contributed by atoms with Crippen LogP contribution < -0.4 is 0 Å². The van der Waals surface area contributed by atoms with Crippen molar-refractivity contribution in [3.63, 3.8) is 0 Å². The molecule has 2 aromatic carbocycles. The number of carbonyl (C=O) groups is 1. The van der Waals surface area contributed by atoms with Crippen LogP contribution in [0, 0.1) is 0 Å². The molecule has 0 saturated carbocycles. The van der Waals surface area contributed by atoms with Gasteiger partial charge in [0.2, 0.25) is 0 Å². The second-order valence-electron chi connectivity index (χ2n) is 6.49. The Hall–Kier alpha value is -2.98. The number of carbonyl (C=O) groups excluding carboxylic acids is 1. The van der Waals surface area contributed by atoms with Crippen LogP contribution in [0.3, 0.4) is 0 Å². The number of thiophene rings is 1. The summed E-state index contributed by atoms with van der Waals surface area (Å²) >= 11 is 1.56. The predicted molar refractivity (Wildman–Crippen MR) is 106 cm³/mol. The standard InChI is InChI=1S/C22H16N2OS/c1-14(25)20-11-18-17-10-6-5-9-16(17)13-24-19(21(18)26-20)12-23-22(24)15-7-3-2-4-8-15/h2-12H,13H2,1H3. The number of benzene rings is 2. The number of imidazole rings is 1. The first-order valence-electron chi connectivity index (χ1n) is 8.57. The molecule has 5 rings (SSSR count). The van der Waals surface area contributed by atoms with Gasteiger partial charge in [-0.1, -0.05) is 54.6 Å². The van der Waals surface area contributed by atoms with Gasteiger partial charge in [-0.05, 0) is 24.1 Å². The molecule has 0 saturated heterocycles. The Bertz CT molecular complexity index is 1140. The Balaban J connectivity index is 1.81. The zero-order valence-electron chi connectivity index (χ0n) is 14.3. The Morgan fingerprint density at radius 3 is 2.62 bits per heavy atom. The average Bonchev–Trinajstić information content (AvgIpc) is 3.25. The average molecular weight is 356 g/mol. The Morgan fingerprint density at radius 2 is 1.81 bits per heavy atom. The number of fused-ring (bicyclic) bond motifs is 5. The number of Topliss-reactive ketones (excluding diaryl/α,β-unsaturated/α-hetero) is 1. The third-order valence-corrected chi connectivity index (χ3v) is 6.09. The van der Waals surface area contributed by atoms with Crippen molar-refractivity contribution in [1.82, 2.24) is 9.55 Å². The summed E-state index contributed by atoms with van der Waals surface area (Å²) in [5, 5.41) is 0. The summed E-state index contributed by atoms with van der Waals surface area (Å²) in [6.45, 7) is 2.40. The molecule has 1 aliphatic heterocycles. The summed E-state index contributed by atoms with van der Waals surface area (Å²) in [5.74, 6) is 1.07. The van der Waals surface area contributed by atoms with Crippen molar-refractivity contribution in [3.8, 4) is 33.1 Å². The number of hydrogen-bond acceptors (Lipinski definition) is 3. The number of rotatable bonds is 2. The predicted octanol–water partition coefficient (Wildman–Crippen LogP) is 5.51. The minimum absolute atomic E-state index is 0.106. The summed E-state index contributed by atoms with van der Waals surface area (Å²) in [6, 6.07) is 20.7. The van der Waals surface area contributed by atoms with Crippen LogP contribution in [-0.2, 0) is 6.54 Å². The monoisotopic (exact) mass is 356 g/mol. The lowest BCUT2D eigenvalue weighted by molar-refractivity contribution is 0.102. The molecule has 126 valence electrons. The van der Waals surface area contributed by atoms with Crippen LogP contribution in [0.25, 0.3) is 33.1 Å². The SMILES string of the molecule is CC(=O)c1cc2c(s1)-c1cnc(-c3ccccc3)n1Cc1ccccc1-2. The minimum atomic E-state index is 0.106. The molecule has 0 N–H and O–H groups in total. The topological polar surface area (TPSA) is 34.9 Å². The maximum atomic E-state index is 12.0. The molecule has 26 heavy (non-hydrogen) atoms. The molecule has 0 radical (unpaired) electrons. The van der Waals surface area contributed by atoms with Gasteiger partial charge in [-0.15, -0.1) is 11.3 Å². The largest absolute Gasteiger partial charge is 0.319 e. The van der Waals surface area contributed by atoms with Gasteiger partial charge in [0.15, 0.2) is 5.78 Å². The summed E-state index contributed by atoms with van der Waals surface area (Å²) in [7, 11) is 0. The van der Waals surface area contributed by atoms with E-state index in [9.17, 15) is 4.79 Å². The number of hydrogen-bond donors (Lipinski definition) is 0. The van der Waals surface area contributed by atoms with Gasteiger partial charge in [0, 0.05) is 11.1 Å². The van der Waals surface area contributed by atoms with E-state index in [1.807, 2.05) is 30.5 Å². The Labute approximate surface area is 155 Å². The normalized spacial score (nSPS) is 12.0. The molecular formula is C22H16N2OS. The van der Waals surface area contributed by atoms with Gasteiger partial charge in [0.1, 0.15) is 5.82 Å². The molecule has 0 bridgehead atoms. The first-order chi connectivity index (χ1) is 12.7. The molecule has 2 aromatic heterocycles. The molecule has 0 amide bonds. The number of nitrogens with zero attached hydrogens (tertiary/aromatic N) is 2. The highest BCUT2D eigenvalue weighted by Crippen LogP contribution is 2.44. The van der Waals surface area contributed by atoms with Gasteiger partial charge in [0.05, 0.1) is 28.2 Å². The molecule has 4 heteroatoms. The lowest BCUT2D eigenvalue weighted by Gasteiger charge is -2.11. The van der Waals surface area contributed by atoms with E-state index >= 15 is 0 Å². The molecule has 1 aliphatic rings. The zero-order valence-corrected chi connectivity index (χ0v) is 15.1. The maximum Gasteiger partial charge on any atom is 0.169 e. The van der Waals surface area contributed by atoms with Crippen LogP contribution in [0.1, 0.15) is 22.2 Å². The van der Waals surface area contributed by atoms with E-state index in [1.54, 1.807) is 18.3 Å². The van der Waals surface area contributed by atoms with E-state index in [0.29, 0.717) is 0 Å². The fraction of sp³-hybridized carbons (Fsp3) is 0.0909. The van der Waals surface area contributed by atoms with Crippen molar-refractivity contribution in [1.29, 1.82) is 0 Å². The van der Waals surface area contributed by atoms with E-state index in [-0.39, 0.29) is 5.78 Å². The van der Waals surface area contributed by atoms with Gasteiger partial charge in [-0.25, -0.2) is 4.98 Å². The molecule has 4 aromatic rings. The summed E-state index contributed by atoms with van der Waals surface area (Å²) in [6.07, 6.45) is 1.94. The van der Waals surface area contributed by atoms with Crippen molar-refractivity contribution in [2.45, 2.75) is 13.5 Å². The Kier molecular flexibility index (Phi) is 3.40. The highest BCUT2D eigenvalue weighted by atomic mass is 32.1. The molecule has 3 nitrogen and oxygen atoms in total. The minimum Gasteiger partial charge on any atom is -0.319 e. The van der Waals surface area contributed by atoms with E-state index in [0.717, 1.165) is 38.9 Å². The molecular weight excluding hydrogens is 340 g/mol. The first kappa shape index (κ1) is 15.3. The first-order valence-corrected chi connectivity index (χ1v) is 9.38. The highest BCUT2D eigenvalue weighted by molar-refractivity contribution is 7.18. The fourth-order valence-corrected chi connectivity index (χ4v) is 4.67. The summed E-state index contributed by atoms with van der Waals surface area (Å²) in [4.78, 5) is 18.6. The van der Waals surface area contributed by atoms with Crippen molar-refractivity contribution < 1.29 is 4.79 Å². The third kappa shape index (κ3) is 2.26. The van der Waals surface area contributed by atoms with Gasteiger partial charge in [-0.2, -0.15) is 0 Å². The van der Waals surface area contributed by atoms with Crippen molar-refractivity contribution >= 4 is 17.1 Å². The van der Waals surface area contributed by atoms with E-state index in [1.165, 1.54) is 11.1 Å². The zero-order chi connectivity index (χ0) is 17.7. The quantitative estimate of drug-likeness (QED) is 0.391. The van der Waals surface area contributed by atoms with Gasteiger partial charge >= 0.3 is 0 Å².